The first kappa shape index (κ1) is 13.1. The molecule has 0 bridgehead atoms. The third kappa shape index (κ3) is 2.51. The molecule has 1 aliphatic rings. The standard InChI is InChI=1S/C14H19N5O/c1-9(2)13-17-12-3-4-19(7-10-5-15-16-6-10)8-11(12)14(20)18-13/h5-6,9H,3-4,7-8H2,1-2H3,(H,15,16)(H,17,18,20). The van der Waals surface area contributed by atoms with E-state index in [0.717, 1.165) is 42.2 Å². The molecule has 0 saturated carbocycles. The van der Waals surface area contributed by atoms with E-state index in [9.17, 15) is 4.79 Å². The summed E-state index contributed by atoms with van der Waals surface area (Å²) in [5, 5.41) is 6.76. The van der Waals surface area contributed by atoms with E-state index in [0.29, 0.717) is 6.54 Å². The van der Waals surface area contributed by atoms with E-state index in [4.69, 9.17) is 0 Å². The molecule has 2 aromatic heterocycles. The highest BCUT2D eigenvalue weighted by Crippen LogP contribution is 2.17. The Balaban J connectivity index is 1.83. The first-order valence-corrected chi connectivity index (χ1v) is 6.95. The first-order valence-electron chi connectivity index (χ1n) is 6.95. The molecule has 6 nitrogen and oxygen atoms in total. The van der Waals surface area contributed by atoms with Gasteiger partial charge in [0, 0.05) is 43.7 Å². The smallest absolute Gasteiger partial charge is 0.255 e. The summed E-state index contributed by atoms with van der Waals surface area (Å²) in [6.45, 7) is 6.46. The van der Waals surface area contributed by atoms with Gasteiger partial charge in [-0.1, -0.05) is 13.8 Å². The van der Waals surface area contributed by atoms with Gasteiger partial charge < -0.3 is 4.98 Å². The number of hydrogen-bond acceptors (Lipinski definition) is 4. The summed E-state index contributed by atoms with van der Waals surface area (Å²) in [6.07, 6.45) is 4.54. The van der Waals surface area contributed by atoms with Crippen molar-refractivity contribution in [2.24, 2.45) is 0 Å². The highest BCUT2D eigenvalue weighted by Gasteiger charge is 2.21. The van der Waals surface area contributed by atoms with Crippen molar-refractivity contribution in [1.82, 2.24) is 25.1 Å². The average molecular weight is 273 g/mol. The van der Waals surface area contributed by atoms with Crippen LogP contribution in [0.25, 0.3) is 0 Å². The van der Waals surface area contributed by atoms with Crippen LogP contribution in [-0.4, -0.2) is 31.6 Å². The van der Waals surface area contributed by atoms with E-state index < -0.39 is 0 Å². The zero-order chi connectivity index (χ0) is 14.1. The summed E-state index contributed by atoms with van der Waals surface area (Å²) in [6, 6.07) is 0. The summed E-state index contributed by atoms with van der Waals surface area (Å²) in [5.74, 6) is 1.04. The van der Waals surface area contributed by atoms with Crippen LogP contribution < -0.4 is 5.56 Å². The van der Waals surface area contributed by atoms with Crippen LogP contribution in [0, 0.1) is 0 Å². The Bertz CT molecular complexity index is 644. The number of nitrogens with one attached hydrogen (secondary N) is 2. The molecule has 0 spiro atoms. The van der Waals surface area contributed by atoms with E-state index >= 15 is 0 Å². The number of aromatic nitrogens is 4. The van der Waals surface area contributed by atoms with E-state index in [1.54, 1.807) is 0 Å². The molecule has 0 aromatic carbocycles. The number of aromatic amines is 2. The van der Waals surface area contributed by atoms with Crippen LogP contribution in [0.15, 0.2) is 17.2 Å². The fourth-order valence-corrected chi connectivity index (χ4v) is 2.53. The van der Waals surface area contributed by atoms with Gasteiger partial charge in [-0.3, -0.25) is 14.8 Å². The second kappa shape index (κ2) is 5.20. The molecule has 0 fully saturated rings. The van der Waals surface area contributed by atoms with Crippen molar-refractivity contribution in [3.05, 3.63) is 45.4 Å². The molecule has 0 amide bonds. The van der Waals surface area contributed by atoms with E-state index in [-0.39, 0.29) is 11.5 Å². The first-order chi connectivity index (χ1) is 9.63. The average Bonchev–Trinajstić information content (AvgIpc) is 2.92. The largest absolute Gasteiger partial charge is 0.310 e. The Morgan fingerprint density at radius 2 is 2.30 bits per heavy atom. The van der Waals surface area contributed by atoms with Gasteiger partial charge in [0.15, 0.2) is 0 Å². The molecule has 106 valence electrons. The highest BCUT2D eigenvalue weighted by molar-refractivity contribution is 5.22. The summed E-state index contributed by atoms with van der Waals surface area (Å²) in [5.41, 5.74) is 2.91. The molecule has 0 atom stereocenters. The molecule has 0 saturated heterocycles. The summed E-state index contributed by atoms with van der Waals surface area (Å²) < 4.78 is 0. The second-order valence-corrected chi connectivity index (χ2v) is 5.60. The van der Waals surface area contributed by atoms with Crippen LogP contribution in [0.4, 0.5) is 0 Å². The van der Waals surface area contributed by atoms with Gasteiger partial charge in [-0.25, -0.2) is 4.98 Å². The fourth-order valence-electron chi connectivity index (χ4n) is 2.53. The molecule has 3 heterocycles. The normalized spacial score (nSPS) is 15.6. The van der Waals surface area contributed by atoms with Crippen molar-refractivity contribution < 1.29 is 0 Å². The van der Waals surface area contributed by atoms with Crippen molar-refractivity contribution in [2.75, 3.05) is 6.54 Å². The van der Waals surface area contributed by atoms with Crippen LogP contribution in [0.5, 0.6) is 0 Å². The summed E-state index contributed by atoms with van der Waals surface area (Å²) >= 11 is 0. The number of hydrogen-bond donors (Lipinski definition) is 2. The third-order valence-electron chi connectivity index (χ3n) is 3.67. The maximum absolute atomic E-state index is 12.2. The minimum atomic E-state index is 0.00981. The maximum Gasteiger partial charge on any atom is 0.255 e. The van der Waals surface area contributed by atoms with Gasteiger partial charge in [-0.05, 0) is 0 Å². The minimum Gasteiger partial charge on any atom is -0.310 e. The number of rotatable bonds is 3. The van der Waals surface area contributed by atoms with Gasteiger partial charge in [0.25, 0.3) is 5.56 Å². The quantitative estimate of drug-likeness (QED) is 0.880. The third-order valence-corrected chi connectivity index (χ3v) is 3.67. The second-order valence-electron chi connectivity index (χ2n) is 5.60. The van der Waals surface area contributed by atoms with Crippen LogP contribution in [0.2, 0.25) is 0 Å². The lowest BCUT2D eigenvalue weighted by atomic mass is 10.1. The monoisotopic (exact) mass is 273 g/mol. The predicted octanol–water partition coefficient (Wildman–Crippen LogP) is 1.17. The van der Waals surface area contributed by atoms with Gasteiger partial charge in [0.1, 0.15) is 5.82 Å². The van der Waals surface area contributed by atoms with Gasteiger partial charge in [-0.15, -0.1) is 0 Å². The van der Waals surface area contributed by atoms with Crippen LogP contribution >= 0.6 is 0 Å². The molecule has 6 heteroatoms. The molecule has 2 aromatic rings. The molecule has 2 N–H and O–H groups in total. The summed E-state index contributed by atoms with van der Waals surface area (Å²) in [7, 11) is 0. The molecule has 0 unspecified atom stereocenters. The molecular weight excluding hydrogens is 254 g/mol. The van der Waals surface area contributed by atoms with Gasteiger partial charge >= 0.3 is 0 Å². The van der Waals surface area contributed by atoms with Crippen molar-refractivity contribution >= 4 is 0 Å². The van der Waals surface area contributed by atoms with Crippen LogP contribution in [-0.2, 0) is 19.5 Å². The van der Waals surface area contributed by atoms with Crippen molar-refractivity contribution in [3.8, 4) is 0 Å². The molecule has 3 rings (SSSR count). The molecule has 1 aliphatic heterocycles. The maximum atomic E-state index is 12.2. The Kier molecular flexibility index (Phi) is 3.40. The van der Waals surface area contributed by atoms with Gasteiger partial charge in [0.2, 0.25) is 0 Å². The summed E-state index contributed by atoms with van der Waals surface area (Å²) in [4.78, 5) is 22.0. The van der Waals surface area contributed by atoms with Crippen LogP contribution in [0.3, 0.4) is 0 Å². The Morgan fingerprint density at radius 3 is 3.00 bits per heavy atom. The Morgan fingerprint density at radius 1 is 1.45 bits per heavy atom. The Labute approximate surface area is 117 Å². The number of fused-ring (bicyclic) bond motifs is 1. The lowest BCUT2D eigenvalue weighted by Gasteiger charge is -2.27. The molecule has 0 radical (unpaired) electrons. The predicted molar refractivity (Wildman–Crippen MR) is 75.4 cm³/mol. The number of nitrogens with zero attached hydrogens (tertiary/aromatic N) is 3. The zero-order valence-corrected chi connectivity index (χ0v) is 11.8. The topological polar surface area (TPSA) is 77.7 Å². The molecular formula is C14H19N5O. The minimum absolute atomic E-state index is 0.00981. The number of H-pyrrole nitrogens is 2. The fraction of sp³-hybridized carbons (Fsp3) is 0.500. The lowest BCUT2D eigenvalue weighted by molar-refractivity contribution is 0.241. The lowest BCUT2D eigenvalue weighted by Crippen LogP contribution is -2.35. The van der Waals surface area contributed by atoms with E-state index in [1.165, 1.54) is 0 Å². The van der Waals surface area contributed by atoms with Crippen molar-refractivity contribution in [1.29, 1.82) is 0 Å². The molecule has 20 heavy (non-hydrogen) atoms. The van der Waals surface area contributed by atoms with E-state index in [1.807, 2.05) is 26.2 Å². The van der Waals surface area contributed by atoms with E-state index in [2.05, 4.69) is 25.1 Å². The zero-order valence-electron chi connectivity index (χ0n) is 11.8. The molecule has 0 aliphatic carbocycles. The van der Waals surface area contributed by atoms with Crippen molar-refractivity contribution in [3.63, 3.8) is 0 Å². The highest BCUT2D eigenvalue weighted by atomic mass is 16.1. The van der Waals surface area contributed by atoms with Gasteiger partial charge in [-0.2, -0.15) is 5.10 Å². The van der Waals surface area contributed by atoms with Gasteiger partial charge in [0.05, 0.1) is 17.5 Å². The Hall–Kier alpha value is -1.95. The van der Waals surface area contributed by atoms with Crippen molar-refractivity contribution in [2.45, 2.75) is 39.3 Å². The SMILES string of the molecule is CC(C)c1nc2c(c(=O)[nH]1)CN(Cc1cn[nH]c1)CC2. The van der Waals surface area contributed by atoms with Crippen LogP contribution in [0.1, 0.15) is 42.4 Å².